The Morgan fingerprint density at radius 2 is 1.76 bits per heavy atom. The lowest BCUT2D eigenvalue weighted by molar-refractivity contribution is -0.134. The Morgan fingerprint density at radius 1 is 1.05 bits per heavy atom. The van der Waals surface area contributed by atoms with Crippen molar-refractivity contribution in [3.63, 3.8) is 0 Å². The van der Waals surface area contributed by atoms with Crippen LogP contribution in [0.3, 0.4) is 0 Å². The monoisotopic (exact) mass is 568 g/mol. The summed E-state index contributed by atoms with van der Waals surface area (Å²) in [7, 11) is 4.16. The van der Waals surface area contributed by atoms with Gasteiger partial charge in [0.1, 0.15) is 11.5 Å². The number of carbonyl (C=O) groups is 2. The molecule has 0 unspecified atom stereocenters. The van der Waals surface area contributed by atoms with Gasteiger partial charge in [-0.15, -0.1) is 0 Å². The summed E-state index contributed by atoms with van der Waals surface area (Å²) >= 11 is 0. The van der Waals surface area contributed by atoms with E-state index in [9.17, 15) is 9.59 Å². The topological polar surface area (TPSA) is 142 Å². The quantitative estimate of drug-likeness (QED) is 0.298. The molecule has 1 aromatic carbocycles. The van der Waals surface area contributed by atoms with Gasteiger partial charge in [-0.2, -0.15) is 0 Å². The Balaban J connectivity index is 0.000000426. The Kier molecular flexibility index (Phi) is 10.5. The number of nitrogens with zero attached hydrogens (tertiary/aromatic N) is 4. The Morgan fingerprint density at radius 3 is 2.34 bits per heavy atom. The second kappa shape index (κ2) is 14.3. The van der Waals surface area contributed by atoms with Gasteiger partial charge >= 0.3 is 11.9 Å². The minimum Gasteiger partial charge on any atom is -0.493 e. The van der Waals surface area contributed by atoms with Gasteiger partial charge in [0, 0.05) is 36.7 Å². The molecule has 0 radical (unpaired) electrons. The lowest BCUT2D eigenvalue weighted by atomic mass is 9.91. The number of likely N-dealkylation sites (tertiary alicyclic amines) is 1. The SMILES string of the molecule is Cc1cc(CN2CCC(CCc3noc4c(CN(C)C)c(OCC5CC5)ccc34)CC2)no1.O=C(O)C=CC(=O)O. The van der Waals surface area contributed by atoms with Crippen molar-refractivity contribution in [1.29, 1.82) is 0 Å². The largest absolute Gasteiger partial charge is 0.493 e. The predicted octanol–water partition coefficient (Wildman–Crippen LogP) is 4.53. The summed E-state index contributed by atoms with van der Waals surface area (Å²) in [6.45, 7) is 6.66. The molecule has 0 bridgehead atoms. The molecule has 1 aliphatic heterocycles. The fourth-order valence-electron chi connectivity index (χ4n) is 5.00. The number of piperidine rings is 1. The van der Waals surface area contributed by atoms with Gasteiger partial charge in [0.25, 0.3) is 0 Å². The molecule has 0 atom stereocenters. The third-order valence-corrected chi connectivity index (χ3v) is 7.35. The number of hydrogen-bond acceptors (Lipinski definition) is 9. The molecule has 1 saturated carbocycles. The zero-order chi connectivity index (χ0) is 29.4. The maximum absolute atomic E-state index is 9.55. The number of ether oxygens (including phenoxy) is 1. The first-order valence-electron chi connectivity index (χ1n) is 14.1. The lowest BCUT2D eigenvalue weighted by Crippen LogP contribution is -2.33. The molecule has 2 N–H and O–H groups in total. The van der Waals surface area contributed by atoms with Crippen LogP contribution in [0.4, 0.5) is 0 Å². The second-order valence-electron chi connectivity index (χ2n) is 11.2. The Bertz CT molecular complexity index is 1320. The zero-order valence-electron chi connectivity index (χ0n) is 24.0. The Hall–Kier alpha value is -3.70. The third kappa shape index (κ3) is 9.43. The van der Waals surface area contributed by atoms with Crippen LogP contribution in [-0.2, 0) is 29.1 Å². The van der Waals surface area contributed by atoms with Crippen LogP contribution in [0.2, 0.25) is 0 Å². The molecular formula is C30H40N4O7. The molecule has 41 heavy (non-hydrogen) atoms. The third-order valence-electron chi connectivity index (χ3n) is 7.35. The number of fused-ring (bicyclic) bond motifs is 1. The van der Waals surface area contributed by atoms with E-state index in [4.69, 9.17) is 24.0 Å². The van der Waals surface area contributed by atoms with E-state index < -0.39 is 11.9 Å². The summed E-state index contributed by atoms with van der Waals surface area (Å²) < 4.78 is 17.3. The summed E-state index contributed by atoms with van der Waals surface area (Å²) in [5.74, 6) is 0.773. The molecule has 11 nitrogen and oxygen atoms in total. The number of benzene rings is 1. The normalized spacial score (nSPS) is 16.3. The van der Waals surface area contributed by atoms with Gasteiger partial charge in [0.15, 0.2) is 5.58 Å². The van der Waals surface area contributed by atoms with E-state index in [0.29, 0.717) is 12.2 Å². The van der Waals surface area contributed by atoms with Gasteiger partial charge in [-0.3, -0.25) is 4.90 Å². The van der Waals surface area contributed by atoms with Gasteiger partial charge in [-0.1, -0.05) is 10.3 Å². The number of carboxylic acids is 2. The maximum atomic E-state index is 9.55. The Labute approximate surface area is 239 Å². The fraction of sp³-hybridized carbons (Fsp3) is 0.533. The van der Waals surface area contributed by atoms with E-state index in [1.54, 1.807) is 0 Å². The first-order chi connectivity index (χ1) is 19.7. The van der Waals surface area contributed by atoms with Crippen LogP contribution in [0.5, 0.6) is 5.75 Å². The molecule has 2 aliphatic rings. The summed E-state index contributed by atoms with van der Waals surface area (Å²) in [6.07, 6.45) is 8.25. The molecule has 11 heteroatoms. The first-order valence-corrected chi connectivity index (χ1v) is 14.1. The highest BCUT2D eigenvalue weighted by Crippen LogP contribution is 2.35. The summed E-state index contributed by atoms with van der Waals surface area (Å²) in [5, 5.41) is 25.4. The minimum atomic E-state index is -1.26. The summed E-state index contributed by atoms with van der Waals surface area (Å²) in [6, 6.07) is 6.30. The lowest BCUT2D eigenvalue weighted by Gasteiger charge is -2.31. The van der Waals surface area contributed by atoms with Crippen LogP contribution in [0.15, 0.2) is 39.4 Å². The minimum absolute atomic E-state index is 0.558. The van der Waals surface area contributed by atoms with Gasteiger partial charge in [-0.05, 0) is 96.6 Å². The van der Waals surface area contributed by atoms with Crippen LogP contribution < -0.4 is 4.74 Å². The zero-order valence-corrected chi connectivity index (χ0v) is 24.0. The number of aromatic nitrogens is 2. The van der Waals surface area contributed by atoms with Gasteiger partial charge in [0.05, 0.1) is 23.6 Å². The summed E-state index contributed by atoms with van der Waals surface area (Å²) in [4.78, 5) is 23.8. The second-order valence-corrected chi connectivity index (χ2v) is 11.2. The average Bonchev–Trinajstić information content (AvgIpc) is 3.53. The van der Waals surface area contributed by atoms with Crippen molar-refractivity contribution in [2.45, 2.75) is 58.5 Å². The van der Waals surface area contributed by atoms with Crippen LogP contribution in [-0.4, -0.2) is 76.1 Å². The highest BCUT2D eigenvalue weighted by molar-refractivity contribution is 5.89. The number of aryl methyl sites for hydroxylation is 2. The molecule has 3 heterocycles. The highest BCUT2D eigenvalue weighted by Gasteiger charge is 2.25. The van der Waals surface area contributed by atoms with Gasteiger partial charge in [-0.25, -0.2) is 9.59 Å². The highest BCUT2D eigenvalue weighted by atomic mass is 16.5. The van der Waals surface area contributed by atoms with Crippen molar-refractivity contribution >= 4 is 22.9 Å². The summed E-state index contributed by atoms with van der Waals surface area (Å²) in [5.41, 5.74) is 4.13. The molecular weight excluding hydrogens is 528 g/mol. The number of aliphatic carboxylic acids is 2. The van der Waals surface area contributed by atoms with E-state index in [-0.39, 0.29) is 0 Å². The smallest absolute Gasteiger partial charge is 0.328 e. The van der Waals surface area contributed by atoms with Crippen molar-refractivity contribution in [3.8, 4) is 5.75 Å². The number of rotatable bonds is 12. The van der Waals surface area contributed by atoms with E-state index in [0.717, 1.165) is 96.9 Å². The molecule has 2 aromatic heterocycles. The van der Waals surface area contributed by atoms with Crippen LogP contribution in [0.25, 0.3) is 11.0 Å². The molecule has 1 aliphatic carbocycles. The maximum Gasteiger partial charge on any atom is 0.328 e. The fourth-order valence-corrected chi connectivity index (χ4v) is 5.00. The van der Waals surface area contributed by atoms with Gasteiger partial charge in [0.2, 0.25) is 0 Å². The molecule has 1 saturated heterocycles. The number of carboxylic acid groups (broad SMARTS) is 2. The predicted molar refractivity (Wildman–Crippen MR) is 152 cm³/mol. The van der Waals surface area contributed by atoms with E-state index in [1.165, 1.54) is 25.7 Å². The van der Waals surface area contributed by atoms with Crippen LogP contribution in [0.1, 0.15) is 54.8 Å². The van der Waals surface area contributed by atoms with Crippen molar-refractivity contribution in [3.05, 3.63) is 53.1 Å². The van der Waals surface area contributed by atoms with Crippen LogP contribution >= 0.6 is 0 Å². The first kappa shape index (κ1) is 30.3. The molecule has 0 spiro atoms. The van der Waals surface area contributed by atoms with E-state index >= 15 is 0 Å². The van der Waals surface area contributed by atoms with E-state index in [2.05, 4.69) is 46.3 Å². The standard InChI is InChI=1S/C26H36N4O3.C4H4O4/c1-18-14-21(27-32-18)15-30-12-10-19(11-13-30)6-8-24-22-7-9-25(31-17-20-4-5-20)23(16-29(2)3)26(22)33-28-24;5-3(6)1-2-4(7)8/h7,9,14,19-20H,4-6,8,10-13,15-17H2,1-3H3;1-2H,(H,5,6)(H,7,8). The van der Waals surface area contributed by atoms with Crippen molar-refractivity contribution in [2.24, 2.45) is 11.8 Å². The van der Waals surface area contributed by atoms with Crippen molar-refractivity contribution in [1.82, 2.24) is 20.1 Å². The van der Waals surface area contributed by atoms with E-state index in [1.807, 2.05) is 13.0 Å². The molecule has 0 amide bonds. The molecule has 5 rings (SSSR count). The van der Waals surface area contributed by atoms with Gasteiger partial charge < -0.3 is 28.9 Å². The molecule has 3 aromatic rings. The van der Waals surface area contributed by atoms with Crippen LogP contribution in [0, 0.1) is 18.8 Å². The number of hydrogen-bond donors (Lipinski definition) is 2. The van der Waals surface area contributed by atoms with Crippen molar-refractivity contribution < 1.29 is 33.6 Å². The molecule has 222 valence electrons. The molecule has 2 fully saturated rings. The van der Waals surface area contributed by atoms with Crippen molar-refractivity contribution in [2.75, 3.05) is 33.8 Å². The average molecular weight is 569 g/mol.